The van der Waals surface area contributed by atoms with Crippen LogP contribution in [0.25, 0.3) is 0 Å². The van der Waals surface area contributed by atoms with E-state index in [1.807, 2.05) is 35.7 Å². The Labute approximate surface area is 133 Å². The second-order valence-corrected chi connectivity index (χ2v) is 7.71. The van der Waals surface area contributed by atoms with Crippen molar-refractivity contribution in [1.82, 2.24) is 10.1 Å². The fourth-order valence-corrected chi connectivity index (χ4v) is 4.91. The third-order valence-electron chi connectivity index (χ3n) is 3.57. The molecule has 0 spiro atoms. The smallest absolute Gasteiger partial charge is 0.227 e. The zero-order chi connectivity index (χ0) is 14.7. The monoisotopic (exact) mass is 321 g/mol. The Morgan fingerprint density at radius 3 is 2.86 bits per heavy atom. The molecular formula is C15H19N3OS2. The third-order valence-corrected chi connectivity index (χ3v) is 6.32. The molecule has 2 unspecified atom stereocenters. The van der Waals surface area contributed by atoms with Crippen LogP contribution in [0.4, 0.5) is 5.69 Å². The molecular weight excluding hydrogens is 302 g/mol. The van der Waals surface area contributed by atoms with Gasteiger partial charge in [0.2, 0.25) is 5.89 Å². The lowest BCUT2D eigenvalue weighted by Crippen LogP contribution is -2.08. The number of nitrogen functional groups attached to an aromatic ring is 1. The number of nitrogens with two attached hydrogens (primary N) is 1. The van der Waals surface area contributed by atoms with Gasteiger partial charge in [-0.15, -0.1) is 11.8 Å². The predicted molar refractivity (Wildman–Crippen MR) is 89.8 cm³/mol. The maximum absolute atomic E-state index is 5.72. The minimum atomic E-state index is 0.340. The van der Waals surface area contributed by atoms with Crippen molar-refractivity contribution < 1.29 is 4.52 Å². The van der Waals surface area contributed by atoms with Gasteiger partial charge in [0, 0.05) is 29.4 Å². The largest absolute Gasteiger partial charge is 0.399 e. The van der Waals surface area contributed by atoms with Crippen molar-refractivity contribution >= 4 is 29.2 Å². The van der Waals surface area contributed by atoms with Crippen LogP contribution in [0.15, 0.2) is 28.8 Å². The molecule has 2 aromatic rings. The number of benzene rings is 1. The number of thioether (sulfide) groups is 2. The van der Waals surface area contributed by atoms with Crippen LogP contribution in [0.5, 0.6) is 0 Å². The fourth-order valence-electron chi connectivity index (χ4n) is 2.32. The van der Waals surface area contributed by atoms with Gasteiger partial charge >= 0.3 is 0 Å². The Kier molecular flexibility index (Phi) is 4.75. The van der Waals surface area contributed by atoms with Gasteiger partial charge < -0.3 is 10.3 Å². The number of hydrogen-bond donors (Lipinski definition) is 1. The average Bonchev–Trinajstić information content (AvgIpc) is 2.97. The van der Waals surface area contributed by atoms with Crippen molar-refractivity contribution in [2.45, 2.75) is 24.5 Å². The highest BCUT2D eigenvalue weighted by atomic mass is 32.2. The maximum Gasteiger partial charge on any atom is 0.227 e. The van der Waals surface area contributed by atoms with Crippen LogP contribution in [0.2, 0.25) is 0 Å². The molecule has 0 amide bonds. The minimum Gasteiger partial charge on any atom is -0.399 e. The van der Waals surface area contributed by atoms with Gasteiger partial charge in [0.05, 0.1) is 5.25 Å². The first-order valence-electron chi connectivity index (χ1n) is 7.09. The average molecular weight is 321 g/mol. The summed E-state index contributed by atoms with van der Waals surface area (Å²) in [6, 6.07) is 7.98. The molecule has 1 aliphatic rings. The first-order valence-corrected chi connectivity index (χ1v) is 9.30. The van der Waals surface area contributed by atoms with E-state index < -0.39 is 0 Å². The van der Waals surface area contributed by atoms with E-state index in [2.05, 4.69) is 29.2 Å². The van der Waals surface area contributed by atoms with Crippen LogP contribution < -0.4 is 5.73 Å². The Morgan fingerprint density at radius 2 is 2.14 bits per heavy atom. The molecule has 1 aliphatic heterocycles. The summed E-state index contributed by atoms with van der Waals surface area (Å²) in [5.41, 5.74) is 7.75. The van der Waals surface area contributed by atoms with Crippen LogP contribution >= 0.6 is 23.5 Å². The maximum atomic E-state index is 5.72. The summed E-state index contributed by atoms with van der Waals surface area (Å²) in [5.74, 6) is 5.39. The molecule has 2 N–H and O–H groups in total. The van der Waals surface area contributed by atoms with Crippen molar-refractivity contribution in [3.8, 4) is 0 Å². The third kappa shape index (κ3) is 3.74. The molecule has 112 valence electrons. The van der Waals surface area contributed by atoms with E-state index in [4.69, 9.17) is 10.3 Å². The predicted octanol–water partition coefficient (Wildman–Crippen LogP) is 3.52. The van der Waals surface area contributed by atoms with Gasteiger partial charge in [0.1, 0.15) is 0 Å². The highest BCUT2D eigenvalue weighted by Gasteiger charge is 2.22. The van der Waals surface area contributed by atoms with Crippen molar-refractivity contribution in [3.63, 3.8) is 0 Å². The lowest BCUT2D eigenvalue weighted by molar-refractivity contribution is 0.367. The van der Waals surface area contributed by atoms with Gasteiger partial charge in [-0.2, -0.15) is 16.7 Å². The zero-order valence-corrected chi connectivity index (χ0v) is 13.6. The van der Waals surface area contributed by atoms with Crippen LogP contribution in [-0.4, -0.2) is 27.4 Å². The summed E-state index contributed by atoms with van der Waals surface area (Å²) < 4.78 is 5.43. The summed E-state index contributed by atoms with van der Waals surface area (Å²) in [5, 5.41) is 4.54. The number of hydrogen-bond acceptors (Lipinski definition) is 6. The lowest BCUT2D eigenvalue weighted by Gasteiger charge is -2.17. The molecule has 4 nitrogen and oxygen atoms in total. The molecule has 6 heteroatoms. The summed E-state index contributed by atoms with van der Waals surface area (Å²) in [4.78, 5) is 4.58. The minimum absolute atomic E-state index is 0.340. The summed E-state index contributed by atoms with van der Waals surface area (Å²) in [6.07, 6.45) is 0.765. The second kappa shape index (κ2) is 6.75. The van der Waals surface area contributed by atoms with Crippen LogP contribution in [-0.2, 0) is 6.42 Å². The van der Waals surface area contributed by atoms with Crippen molar-refractivity contribution in [1.29, 1.82) is 0 Å². The quantitative estimate of drug-likeness (QED) is 0.869. The van der Waals surface area contributed by atoms with Crippen LogP contribution in [0, 0.1) is 0 Å². The van der Waals surface area contributed by atoms with E-state index >= 15 is 0 Å². The zero-order valence-electron chi connectivity index (χ0n) is 12.0. The molecule has 0 aliphatic carbocycles. The van der Waals surface area contributed by atoms with E-state index in [-0.39, 0.29) is 0 Å². The van der Waals surface area contributed by atoms with Gasteiger partial charge in [-0.3, -0.25) is 0 Å². The van der Waals surface area contributed by atoms with E-state index in [0.29, 0.717) is 11.2 Å². The number of rotatable bonds is 4. The summed E-state index contributed by atoms with van der Waals surface area (Å²) in [7, 11) is 0. The molecule has 1 aromatic carbocycles. The highest BCUT2D eigenvalue weighted by molar-refractivity contribution is 8.06. The van der Waals surface area contributed by atoms with Gasteiger partial charge in [-0.25, -0.2) is 0 Å². The van der Waals surface area contributed by atoms with Crippen LogP contribution in [0.1, 0.15) is 35.4 Å². The van der Waals surface area contributed by atoms with E-state index in [1.54, 1.807) is 0 Å². The molecule has 1 saturated heterocycles. The first-order chi connectivity index (χ1) is 10.2. The number of aromatic nitrogens is 2. The van der Waals surface area contributed by atoms with E-state index in [1.165, 1.54) is 17.1 Å². The molecule has 0 bridgehead atoms. The van der Waals surface area contributed by atoms with Crippen molar-refractivity contribution in [2.24, 2.45) is 0 Å². The van der Waals surface area contributed by atoms with E-state index in [0.717, 1.165) is 29.6 Å². The number of anilines is 1. The molecule has 2 heterocycles. The van der Waals surface area contributed by atoms with Gasteiger partial charge in [-0.05, 0) is 23.6 Å². The molecule has 1 aromatic heterocycles. The summed E-state index contributed by atoms with van der Waals surface area (Å²) in [6.45, 7) is 2.17. The topological polar surface area (TPSA) is 64.9 Å². The normalized spacial score (nSPS) is 20.3. The van der Waals surface area contributed by atoms with Gasteiger partial charge in [0.25, 0.3) is 0 Å². The molecule has 0 saturated carbocycles. The lowest BCUT2D eigenvalue weighted by atomic mass is 9.98. The van der Waals surface area contributed by atoms with Crippen LogP contribution in [0.3, 0.4) is 0 Å². The number of nitrogens with zero attached hydrogens (tertiary/aromatic N) is 2. The van der Waals surface area contributed by atoms with Crippen molar-refractivity contribution in [2.75, 3.05) is 23.0 Å². The fraction of sp³-hybridized carbons (Fsp3) is 0.467. The Bertz CT molecular complexity index is 579. The standard InChI is InChI=1S/C15H19N3OS2/c1-10(11-2-4-12(16)5-3-11)8-14-17-15(18-19-14)13-9-20-6-7-21-13/h2-5,10,13H,6-9,16H2,1H3. The Balaban J connectivity index is 1.64. The van der Waals surface area contributed by atoms with Crippen molar-refractivity contribution in [3.05, 3.63) is 41.5 Å². The van der Waals surface area contributed by atoms with E-state index in [9.17, 15) is 0 Å². The SMILES string of the molecule is CC(Cc1nc(C2CSCCS2)no1)c1ccc(N)cc1. The molecule has 3 rings (SSSR count). The molecule has 0 radical (unpaired) electrons. The Morgan fingerprint density at radius 1 is 1.33 bits per heavy atom. The molecule has 21 heavy (non-hydrogen) atoms. The first kappa shape index (κ1) is 14.8. The molecule has 1 fully saturated rings. The summed E-state index contributed by atoms with van der Waals surface area (Å²) >= 11 is 3.89. The highest BCUT2D eigenvalue weighted by Crippen LogP contribution is 2.35. The van der Waals surface area contributed by atoms with Gasteiger partial charge in [0.15, 0.2) is 5.82 Å². The Hall–Kier alpha value is -1.14. The van der Waals surface area contributed by atoms with Gasteiger partial charge in [-0.1, -0.05) is 24.2 Å². The molecule has 2 atom stereocenters. The second-order valence-electron chi connectivity index (χ2n) is 5.25.